The normalized spacial score (nSPS) is 21.0. The molecule has 0 spiro atoms. The lowest BCUT2D eigenvalue weighted by molar-refractivity contribution is -0.117. The van der Waals surface area contributed by atoms with Crippen LogP contribution in [0.25, 0.3) is 0 Å². The van der Waals surface area contributed by atoms with Gasteiger partial charge in [-0.2, -0.15) is 0 Å². The van der Waals surface area contributed by atoms with Gasteiger partial charge in [-0.25, -0.2) is 0 Å². The highest BCUT2D eigenvalue weighted by atomic mass is 28.2. The van der Waals surface area contributed by atoms with E-state index in [0.29, 0.717) is 17.1 Å². The number of nitrogens with one attached hydrogen (secondary N) is 1. The zero-order valence-electron chi connectivity index (χ0n) is 14.4. The summed E-state index contributed by atoms with van der Waals surface area (Å²) in [5.41, 5.74) is 3.11. The summed E-state index contributed by atoms with van der Waals surface area (Å²) in [5.74, 6) is 0.0485. The summed E-state index contributed by atoms with van der Waals surface area (Å²) in [4.78, 5) is 33.6. The molecule has 0 radical (unpaired) electrons. The lowest BCUT2D eigenvalue weighted by Crippen LogP contribution is -2.29. The molecule has 3 saturated heterocycles. The van der Waals surface area contributed by atoms with E-state index in [1.54, 1.807) is 0 Å². The van der Waals surface area contributed by atoms with Gasteiger partial charge < -0.3 is 19.7 Å². The van der Waals surface area contributed by atoms with Gasteiger partial charge in [0.2, 0.25) is 11.6 Å². The first-order chi connectivity index (χ1) is 12.2. The van der Waals surface area contributed by atoms with Crippen molar-refractivity contribution in [1.29, 1.82) is 0 Å². The van der Waals surface area contributed by atoms with Crippen LogP contribution in [0.4, 0.5) is 5.69 Å². The summed E-state index contributed by atoms with van der Waals surface area (Å²) in [6, 6.07) is 10.2. The van der Waals surface area contributed by atoms with E-state index in [2.05, 4.69) is 17.1 Å². The van der Waals surface area contributed by atoms with E-state index in [4.69, 9.17) is 0 Å². The Hall–Kier alpha value is -2.54. The lowest BCUT2D eigenvalue weighted by Gasteiger charge is -2.21. The number of ketones is 2. The van der Waals surface area contributed by atoms with Gasteiger partial charge in [0.15, 0.2) is 0 Å². The van der Waals surface area contributed by atoms with Crippen LogP contribution in [0, 0.1) is 0 Å². The van der Waals surface area contributed by atoms with E-state index in [-0.39, 0.29) is 11.6 Å². The number of para-hydroxylation sites is 1. The van der Waals surface area contributed by atoms with Crippen molar-refractivity contribution in [1.82, 2.24) is 14.7 Å². The number of rotatable bonds is 4. The minimum atomic E-state index is 0.00546. The predicted molar refractivity (Wildman–Crippen MR) is 99.8 cm³/mol. The molecule has 1 aromatic carbocycles. The number of carbonyl (C=O) groups is 2. The number of hydrogen-bond donors (Lipinski definition) is 1. The van der Waals surface area contributed by atoms with Gasteiger partial charge in [-0.15, -0.1) is 0 Å². The Morgan fingerprint density at radius 2 is 1.36 bits per heavy atom. The van der Waals surface area contributed by atoms with Crippen LogP contribution in [0.2, 0.25) is 0 Å². The third-order valence-corrected chi connectivity index (χ3v) is 5.13. The molecule has 1 aromatic rings. The number of hydrogen-bond acceptors (Lipinski definition) is 6. The fourth-order valence-electron chi connectivity index (χ4n) is 2.88. The van der Waals surface area contributed by atoms with E-state index in [1.165, 1.54) is 11.8 Å². The molecule has 25 heavy (non-hydrogen) atoms. The van der Waals surface area contributed by atoms with Crippen LogP contribution in [-0.2, 0) is 9.59 Å². The Morgan fingerprint density at radius 1 is 0.800 bits per heavy atom. The molecule has 0 bridgehead atoms. The highest BCUT2D eigenvalue weighted by molar-refractivity contribution is 6.22. The molecule has 0 atom stereocenters. The van der Waals surface area contributed by atoms with Gasteiger partial charge in [-0.3, -0.25) is 9.59 Å². The van der Waals surface area contributed by atoms with Gasteiger partial charge in [0.1, 0.15) is 21.8 Å². The van der Waals surface area contributed by atoms with E-state index in [1.807, 2.05) is 32.9 Å². The zero-order valence-corrected chi connectivity index (χ0v) is 16.4. The molecule has 0 saturated carbocycles. The zero-order chi connectivity index (χ0) is 17.4. The predicted octanol–water partition coefficient (Wildman–Crippen LogP) is -0.441. The molecule has 7 heteroatoms. The maximum Gasteiger partial charge on any atom is 0.227 e. The lowest BCUT2D eigenvalue weighted by atomic mass is 10.0. The molecule has 0 amide bonds. The van der Waals surface area contributed by atoms with Crippen LogP contribution in [0.15, 0.2) is 53.5 Å². The number of benzene rings is 1. The number of Topliss-reactive ketones (excluding diaryl/α,β-unsaturated/α-hetero) is 1. The van der Waals surface area contributed by atoms with E-state index in [0.717, 1.165) is 49.7 Å². The maximum absolute atomic E-state index is 12.4. The topological polar surface area (TPSA) is 55.2 Å². The molecule has 3 heterocycles. The van der Waals surface area contributed by atoms with Crippen LogP contribution in [0.5, 0.6) is 0 Å². The summed E-state index contributed by atoms with van der Waals surface area (Å²) in [7, 11) is 1.03. The minimum absolute atomic E-state index is 0.00546. The fourth-order valence-corrected chi connectivity index (χ4v) is 3.21. The highest BCUT2D eigenvalue weighted by Gasteiger charge is 2.43. The summed E-state index contributed by atoms with van der Waals surface area (Å²) in [6.45, 7) is 5.41. The van der Waals surface area contributed by atoms with Crippen molar-refractivity contribution in [3.63, 3.8) is 0 Å². The van der Waals surface area contributed by atoms with Crippen molar-refractivity contribution in [3.05, 3.63) is 53.5 Å². The highest BCUT2D eigenvalue weighted by Crippen LogP contribution is 2.33. The van der Waals surface area contributed by atoms with Crippen LogP contribution in [0.1, 0.15) is 0 Å². The molecule has 3 aliphatic heterocycles. The number of nitrogens with zero attached hydrogens (tertiary/aromatic N) is 3. The smallest absolute Gasteiger partial charge is 0.227 e. The van der Waals surface area contributed by atoms with Crippen molar-refractivity contribution in [3.8, 4) is 0 Å². The Morgan fingerprint density at radius 3 is 1.84 bits per heavy atom. The van der Waals surface area contributed by atoms with Gasteiger partial charge >= 0.3 is 0 Å². The summed E-state index contributed by atoms with van der Waals surface area (Å²) in [5, 5.41) is 0. The van der Waals surface area contributed by atoms with Crippen molar-refractivity contribution in [2.24, 2.45) is 0 Å². The summed E-state index contributed by atoms with van der Waals surface area (Å²) in [6.07, 6.45) is 1.52. The second-order valence-corrected chi connectivity index (χ2v) is 7.00. The Balaban J connectivity index is 0.000000166. The summed E-state index contributed by atoms with van der Waals surface area (Å²) >= 11 is 0. The molecule has 0 unspecified atom stereocenters. The molecule has 3 fully saturated rings. The van der Waals surface area contributed by atoms with Gasteiger partial charge in [-0.05, 0) is 12.1 Å². The monoisotopic (exact) mass is 354 g/mol. The molecule has 1 N–H and O–H groups in total. The second-order valence-electron chi connectivity index (χ2n) is 6.50. The van der Waals surface area contributed by atoms with Crippen LogP contribution in [-0.4, -0.2) is 75.9 Å². The van der Waals surface area contributed by atoms with Crippen LogP contribution < -0.4 is 4.98 Å². The van der Waals surface area contributed by atoms with Gasteiger partial charge in [-0.1, -0.05) is 18.2 Å². The quantitative estimate of drug-likeness (QED) is 0.449. The van der Waals surface area contributed by atoms with Crippen molar-refractivity contribution < 1.29 is 9.59 Å². The minimum Gasteiger partial charge on any atom is -0.419 e. The third kappa shape index (κ3) is 3.46. The van der Waals surface area contributed by atoms with Crippen molar-refractivity contribution in [2.45, 2.75) is 0 Å². The molecule has 4 aliphatic rings. The molecular formula is C18H22N4O2Si. The van der Waals surface area contributed by atoms with E-state index >= 15 is 0 Å². The average molecular weight is 354 g/mol. The molecule has 1 aliphatic carbocycles. The third-order valence-electron chi connectivity index (χ3n) is 4.55. The van der Waals surface area contributed by atoms with Crippen LogP contribution in [0.3, 0.4) is 0 Å². The molecule has 0 aromatic heterocycles. The van der Waals surface area contributed by atoms with Crippen molar-refractivity contribution in [2.75, 3.05) is 44.3 Å². The van der Waals surface area contributed by atoms with Crippen molar-refractivity contribution >= 4 is 27.7 Å². The fraction of sp³-hybridized carbons (Fsp3) is 0.333. The number of anilines is 1. The molecular weight excluding hydrogens is 332 g/mol. The Labute approximate surface area is 150 Å². The molecule has 5 rings (SSSR count). The first-order valence-electron chi connectivity index (χ1n) is 8.71. The van der Waals surface area contributed by atoms with Gasteiger partial charge in [0.05, 0.1) is 5.70 Å². The standard InChI is InChI=1S/C12H13N3O2.C6H9NSi/c16-9-7-8(13-1-2-13)12(17)11(15-5-6-15)10(9)14-3-4-14;8-7-6-4-2-1-3-5-6/h7H,1-6H2;1-5,7H,8H3. The van der Waals surface area contributed by atoms with E-state index in [9.17, 15) is 9.59 Å². The Bertz CT molecular complexity index is 763. The van der Waals surface area contributed by atoms with Gasteiger partial charge in [0, 0.05) is 51.0 Å². The molecule has 130 valence electrons. The SMILES string of the molecule is O=C1C=C(N2CC2)C(=O)C(N2CC2)=C1N1CC1.[SiH3]Nc1ccccc1. The summed E-state index contributed by atoms with van der Waals surface area (Å²) < 4.78 is 0. The number of carbonyl (C=O) groups excluding carboxylic acids is 2. The number of allylic oxidation sites excluding steroid dienone is 1. The largest absolute Gasteiger partial charge is 0.419 e. The van der Waals surface area contributed by atoms with Crippen LogP contribution >= 0.6 is 0 Å². The van der Waals surface area contributed by atoms with E-state index < -0.39 is 0 Å². The average Bonchev–Trinajstić information content (AvgIpc) is 3.50. The Kier molecular flexibility index (Phi) is 4.08. The first kappa shape index (κ1) is 16.0. The van der Waals surface area contributed by atoms with Gasteiger partial charge in [0.25, 0.3) is 0 Å². The molecule has 6 nitrogen and oxygen atoms in total. The second kappa shape index (κ2) is 6.40. The maximum atomic E-state index is 12.4. The first-order valence-corrected chi connectivity index (χ1v) is 9.71.